The first kappa shape index (κ1) is 33.3. The van der Waals surface area contributed by atoms with Gasteiger partial charge < -0.3 is 18.6 Å². The van der Waals surface area contributed by atoms with Crippen molar-refractivity contribution in [1.29, 1.82) is 0 Å². The summed E-state index contributed by atoms with van der Waals surface area (Å²) in [6, 6.07) is 16.0. The highest BCUT2D eigenvalue weighted by molar-refractivity contribution is 5.87. The Labute approximate surface area is 237 Å². The molecule has 0 radical (unpaired) electrons. The summed E-state index contributed by atoms with van der Waals surface area (Å²) >= 11 is 0. The summed E-state index contributed by atoms with van der Waals surface area (Å²) in [5, 5.41) is 0. The van der Waals surface area contributed by atoms with Gasteiger partial charge in [-0.2, -0.15) is 0 Å². The first-order valence-corrected chi connectivity index (χ1v) is 12.0. The average Bonchev–Trinajstić information content (AvgIpc) is 3.54. The normalized spacial score (nSPS) is 10.3. The summed E-state index contributed by atoms with van der Waals surface area (Å²) in [7, 11) is 2.73. The maximum atomic E-state index is 11.0. The van der Waals surface area contributed by atoms with Gasteiger partial charge in [0.2, 0.25) is 0 Å². The zero-order valence-corrected chi connectivity index (χ0v) is 22.1. The SMILES string of the molecule is C.C.COC(=O)/C=C/c1ccc(Cn2cnc(C)c2)cc1.COC(=O)/C=C/c1ccc(Cn2cncc2C)cc1. The van der Waals surface area contributed by atoms with E-state index in [1.54, 1.807) is 12.2 Å². The molecule has 0 N–H and O–H groups in total. The van der Waals surface area contributed by atoms with Crippen LogP contribution in [-0.4, -0.2) is 45.3 Å². The average molecular weight is 545 g/mol. The maximum Gasteiger partial charge on any atom is 0.330 e. The maximum absolute atomic E-state index is 11.0. The number of esters is 2. The molecule has 0 aliphatic carbocycles. The second kappa shape index (κ2) is 17.0. The monoisotopic (exact) mass is 544 g/mol. The zero-order valence-electron chi connectivity index (χ0n) is 22.1. The number of hydrogen-bond donors (Lipinski definition) is 0. The highest BCUT2D eigenvalue weighted by atomic mass is 16.5. The Morgan fingerprint density at radius 1 is 0.775 bits per heavy atom. The molecular formula is C32H40N4O4. The molecule has 4 aromatic rings. The number of rotatable bonds is 8. The Morgan fingerprint density at radius 3 is 1.68 bits per heavy atom. The predicted molar refractivity (Wildman–Crippen MR) is 161 cm³/mol. The number of imidazole rings is 2. The van der Waals surface area contributed by atoms with Gasteiger partial charge in [0.1, 0.15) is 0 Å². The third-order valence-corrected chi connectivity index (χ3v) is 5.59. The second-order valence-corrected chi connectivity index (χ2v) is 8.55. The molecule has 8 nitrogen and oxygen atoms in total. The van der Waals surface area contributed by atoms with Gasteiger partial charge in [-0.15, -0.1) is 0 Å². The third kappa shape index (κ3) is 10.9. The highest BCUT2D eigenvalue weighted by Gasteiger charge is 1.99. The molecule has 0 amide bonds. The molecule has 0 saturated carbocycles. The number of nitrogens with zero attached hydrogens (tertiary/aromatic N) is 4. The molecule has 0 saturated heterocycles. The molecule has 2 heterocycles. The standard InChI is InChI=1S/2C15H16N2O2.2CH4/c1-12-9-17(11-16-12)10-14-5-3-13(4-6-14)7-8-15(18)19-2;1-12-9-16-11-17(12)10-14-5-3-13(4-6-14)7-8-15(18)19-2;;/h2*3-9,11H,10H2,1-2H3;2*1H4/b2*8-7+;;. The van der Waals surface area contributed by atoms with Crippen LogP contribution in [0.5, 0.6) is 0 Å². The van der Waals surface area contributed by atoms with Crippen molar-refractivity contribution in [3.05, 3.63) is 119 Å². The fourth-order valence-corrected chi connectivity index (χ4v) is 3.45. The minimum absolute atomic E-state index is 0. The third-order valence-electron chi connectivity index (χ3n) is 5.59. The quantitative estimate of drug-likeness (QED) is 0.196. The first-order chi connectivity index (χ1) is 18.4. The van der Waals surface area contributed by atoms with Gasteiger partial charge in [-0.3, -0.25) is 0 Å². The lowest BCUT2D eigenvalue weighted by atomic mass is 10.1. The van der Waals surface area contributed by atoms with Crippen LogP contribution < -0.4 is 0 Å². The van der Waals surface area contributed by atoms with Crippen LogP contribution in [-0.2, 0) is 32.2 Å². The van der Waals surface area contributed by atoms with Gasteiger partial charge in [0.25, 0.3) is 0 Å². The number of carbonyl (C=O) groups excluding carboxylic acids is 2. The van der Waals surface area contributed by atoms with Crippen LogP contribution >= 0.6 is 0 Å². The van der Waals surface area contributed by atoms with Crippen molar-refractivity contribution in [2.75, 3.05) is 14.2 Å². The van der Waals surface area contributed by atoms with E-state index in [0.29, 0.717) is 0 Å². The van der Waals surface area contributed by atoms with E-state index in [2.05, 4.69) is 24.0 Å². The molecule has 0 unspecified atom stereocenters. The van der Waals surface area contributed by atoms with Gasteiger partial charge in [-0.25, -0.2) is 19.6 Å². The van der Waals surface area contributed by atoms with E-state index in [9.17, 15) is 9.59 Å². The van der Waals surface area contributed by atoms with Gasteiger partial charge in [0.05, 0.1) is 32.6 Å². The Bertz CT molecular complexity index is 1380. The van der Waals surface area contributed by atoms with Crippen LogP contribution in [0.1, 0.15) is 48.5 Å². The Morgan fingerprint density at radius 2 is 1.27 bits per heavy atom. The van der Waals surface area contributed by atoms with E-state index >= 15 is 0 Å². The van der Waals surface area contributed by atoms with Gasteiger partial charge >= 0.3 is 11.9 Å². The number of benzene rings is 2. The van der Waals surface area contributed by atoms with Crippen molar-refractivity contribution in [3.63, 3.8) is 0 Å². The molecule has 2 aromatic heterocycles. The van der Waals surface area contributed by atoms with E-state index in [0.717, 1.165) is 35.6 Å². The van der Waals surface area contributed by atoms with Crippen LogP contribution in [0.3, 0.4) is 0 Å². The van der Waals surface area contributed by atoms with Crippen molar-refractivity contribution in [2.24, 2.45) is 0 Å². The van der Waals surface area contributed by atoms with Crippen molar-refractivity contribution in [2.45, 2.75) is 41.8 Å². The molecule has 4 rings (SSSR count). The lowest BCUT2D eigenvalue weighted by Crippen LogP contribution is -1.99. The molecule has 212 valence electrons. The van der Waals surface area contributed by atoms with Crippen LogP contribution in [0.4, 0.5) is 0 Å². The van der Waals surface area contributed by atoms with E-state index in [1.165, 1.54) is 37.5 Å². The molecule has 0 aliphatic rings. The number of ether oxygens (including phenoxy) is 2. The minimum atomic E-state index is -0.349. The number of aromatic nitrogens is 4. The topological polar surface area (TPSA) is 88.2 Å². The zero-order chi connectivity index (χ0) is 27.3. The van der Waals surface area contributed by atoms with E-state index in [1.807, 2.05) is 92.0 Å². The minimum Gasteiger partial charge on any atom is -0.466 e. The van der Waals surface area contributed by atoms with Gasteiger partial charge in [-0.05, 0) is 48.3 Å². The largest absolute Gasteiger partial charge is 0.466 e. The van der Waals surface area contributed by atoms with Gasteiger partial charge in [-0.1, -0.05) is 63.4 Å². The Balaban J connectivity index is 0.000000381. The Kier molecular flexibility index (Phi) is 14.1. The van der Waals surface area contributed by atoms with Crippen molar-refractivity contribution >= 4 is 24.1 Å². The summed E-state index contributed by atoms with van der Waals surface area (Å²) < 4.78 is 13.2. The molecule has 8 heteroatoms. The predicted octanol–water partition coefficient (Wildman–Crippen LogP) is 6.12. The second-order valence-electron chi connectivity index (χ2n) is 8.55. The molecule has 2 aromatic carbocycles. The Hall–Kier alpha value is -4.72. The van der Waals surface area contributed by atoms with Gasteiger partial charge in [0, 0.05) is 43.3 Å². The molecule has 0 bridgehead atoms. The fraction of sp³-hybridized carbons (Fsp3) is 0.250. The number of hydrogen-bond acceptors (Lipinski definition) is 6. The molecule has 0 aliphatic heterocycles. The van der Waals surface area contributed by atoms with Crippen LogP contribution in [0.25, 0.3) is 12.2 Å². The molecule has 0 spiro atoms. The number of carbonyl (C=O) groups is 2. The molecule has 0 atom stereocenters. The number of methoxy groups -OCH3 is 2. The van der Waals surface area contributed by atoms with Crippen molar-refractivity contribution in [1.82, 2.24) is 19.1 Å². The molecular weight excluding hydrogens is 504 g/mol. The summed E-state index contributed by atoms with van der Waals surface area (Å²) in [5.41, 5.74) is 6.46. The van der Waals surface area contributed by atoms with Crippen molar-refractivity contribution in [3.8, 4) is 0 Å². The van der Waals surface area contributed by atoms with Crippen LogP contribution in [0.15, 0.2) is 85.7 Å². The van der Waals surface area contributed by atoms with E-state index in [-0.39, 0.29) is 26.8 Å². The van der Waals surface area contributed by atoms with Crippen LogP contribution in [0.2, 0.25) is 0 Å². The molecule has 0 fully saturated rings. The van der Waals surface area contributed by atoms with Crippen LogP contribution in [0, 0.1) is 13.8 Å². The first-order valence-electron chi connectivity index (χ1n) is 12.0. The summed E-state index contributed by atoms with van der Waals surface area (Å²) in [6.45, 7) is 5.59. The van der Waals surface area contributed by atoms with E-state index < -0.39 is 0 Å². The van der Waals surface area contributed by atoms with Crippen molar-refractivity contribution < 1.29 is 19.1 Å². The lowest BCUT2D eigenvalue weighted by molar-refractivity contribution is -0.135. The smallest absolute Gasteiger partial charge is 0.330 e. The summed E-state index contributed by atoms with van der Waals surface area (Å²) in [6.07, 6.45) is 13.8. The number of aryl methyl sites for hydroxylation is 2. The summed E-state index contributed by atoms with van der Waals surface area (Å²) in [4.78, 5) is 30.2. The lowest BCUT2D eigenvalue weighted by Gasteiger charge is -2.05. The molecule has 40 heavy (non-hydrogen) atoms. The van der Waals surface area contributed by atoms with Gasteiger partial charge in [0.15, 0.2) is 0 Å². The van der Waals surface area contributed by atoms with E-state index in [4.69, 9.17) is 0 Å². The summed E-state index contributed by atoms with van der Waals surface area (Å²) in [5.74, 6) is -0.698. The fourth-order valence-electron chi connectivity index (χ4n) is 3.45. The highest BCUT2D eigenvalue weighted by Crippen LogP contribution is 2.10.